The first-order chi connectivity index (χ1) is 19.3. The number of aliphatic carboxylic acids is 1. The first-order valence-electron chi connectivity index (χ1n) is 12.3. The van der Waals surface area contributed by atoms with Crippen LogP contribution >= 0.6 is 11.3 Å². The summed E-state index contributed by atoms with van der Waals surface area (Å²) in [5.41, 5.74) is 7.70. The molecule has 0 unspecified atom stereocenters. The number of benzene rings is 1. The van der Waals surface area contributed by atoms with Crippen LogP contribution in [0.2, 0.25) is 0 Å². The van der Waals surface area contributed by atoms with E-state index in [0.29, 0.717) is 66.6 Å². The number of carboxylic acid groups (broad SMARTS) is 1. The standard InChI is InChI=1S/C25H23F2N7O5S/c26-15-10-14(39-13-20(35)36)11-16(27)21(15)32-6-3-31(4-7-32)5-8-33-23-22(40-25(33)37)18-12-17(19-2-1-9-38-19)30-34(18)24(28)29-23/h1-2,9-12H,3-8,13H2,(H2,28,29)(H,35,36). The van der Waals surface area contributed by atoms with Gasteiger partial charge in [0.15, 0.2) is 29.6 Å². The molecule has 4 aromatic heterocycles. The van der Waals surface area contributed by atoms with Crippen molar-refractivity contribution >= 4 is 44.8 Å². The van der Waals surface area contributed by atoms with Crippen molar-refractivity contribution < 1.29 is 27.8 Å². The van der Waals surface area contributed by atoms with Gasteiger partial charge in [-0.1, -0.05) is 11.3 Å². The second-order valence-corrected chi connectivity index (χ2v) is 10.2. The van der Waals surface area contributed by atoms with Gasteiger partial charge in [-0.3, -0.25) is 14.3 Å². The maximum atomic E-state index is 14.7. The first-order valence-corrected chi connectivity index (χ1v) is 13.1. The van der Waals surface area contributed by atoms with Gasteiger partial charge in [-0.15, -0.1) is 0 Å². The Morgan fingerprint density at radius 1 is 1.15 bits per heavy atom. The number of halogens is 2. The van der Waals surface area contributed by atoms with Gasteiger partial charge in [0, 0.05) is 51.4 Å². The van der Waals surface area contributed by atoms with E-state index in [1.165, 1.54) is 4.52 Å². The molecule has 40 heavy (non-hydrogen) atoms. The number of furan rings is 1. The van der Waals surface area contributed by atoms with Crippen LogP contribution in [0.5, 0.6) is 5.75 Å². The Labute approximate surface area is 228 Å². The van der Waals surface area contributed by atoms with Crippen molar-refractivity contribution in [2.75, 3.05) is 50.0 Å². The number of hydrogen-bond acceptors (Lipinski definition) is 10. The lowest BCUT2D eigenvalue weighted by Gasteiger charge is -2.36. The summed E-state index contributed by atoms with van der Waals surface area (Å²) >= 11 is 1.07. The molecule has 0 atom stereocenters. The fourth-order valence-corrected chi connectivity index (χ4v) is 5.76. The van der Waals surface area contributed by atoms with Crippen LogP contribution in [0.3, 0.4) is 0 Å². The number of fused-ring (bicyclic) bond motifs is 3. The molecular weight excluding hydrogens is 548 g/mol. The molecule has 208 valence electrons. The van der Waals surface area contributed by atoms with Crippen LogP contribution in [0.4, 0.5) is 20.4 Å². The number of carboxylic acids is 1. The molecule has 5 heterocycles. The van der Waals surface area contributed by atoms with E-state index in [1.54, 1.807) is 27.9 Å². The minimum Gasteiger partial charge on any atom is -0.482 e. The number of nitrogen functional groups attached to an aromatic ring is 1. The van der Waals surface area contributed by atoms with Crippen molar-refractivity contribution in [3.05, 3.63) is 57.9 Å². The van der Waals surface area contributed by atoms with E-state index < -0.39 is 24.2 Å². The predicted molar refractivity (Wildman–Crippen MR) is 143 cm³/mol. The van der Waals surface area contributed by atoms with Crippen molar-refractivity contribution in [1.82, 2.24) is 24.1 Å². The molecule has 0 radical (unpaired) electrons. The molecule has 0 spiro atoms. The molecule has 15 heteroatoms. The SMILES string of the molecule is Nc1nc2c(sc(=O)n2CCN2CCN(c3c(F)cc(OCC(=O)O)cc3F)CC2)c2cc(-c3ccco3)nn12. The van der Waals surface area contributed by atoms with Crippen LogP contribution < -0.4 is 20.2 Å². The second-order valence-electron chi connectivity index (χ2n) is 9.19. The monoisotopic (exact) mass is 571 g/mol. The Hall–Kier alpha value is -4.50. The largest absolute Gasteiger partial charge is 0.482 e. The lowest BCUT2D eigenvalue weighted by molar-refractivity contribution is -0.139. The molecule has 1 aliphatic heterocycles. The Bertz CT molecular complexity index is 1750. The van der Waals surface area contributed by atoms with Crippen LogP contribution in [0.15, 0.2) is 45.8 Å². The Kier molecular flexibility index (Phi) is 6.59. The van der Waals surface area contributed by atoms with Gasteiger partial charge in [0.05, 0.1) is 11.8 Å². The van der Waals surface area contributed by atoms with E-state index in [9.17, 15) is 18.4 Å². The van der Waals surface area contributed by atoms with Gasteiger partial charge >= 0.3 is 10.8 Å². The number of nitrogens with two attached hydrogens (primary N) is 1. The van der Waals surface area contributed by atoms with E-state index in [4.69, 9.17) is 20.0 Å². The Morgan fingerprint density at radius 2 is 1.90 bits per heavy atom. The maximum Gasteiger partial charge on any atom is 0.341 e. The highest BCUT2D eigenvalue weighted by atomic mass is 32.1. The van der Waals surface area contributed by atoms with E-state index in [-0.39, 0.29) is 22.3 Å². The number of aromatic nitrogens is 4. The summed E-state index contributed by atoms with van der Waals surface area (Å²) in [7, 11) is 0. The zero-order valence-electron chi connectivity index (χ0n) is 20.9. The van der Waals surface area contributed by atoms with E-state index >= 15 is 0 Å². The second kappa shape index (κ2) is 10.2. The van der Waals surface area contributed by atoms with Crippen LogP contribution in [-0.2, 0) is 11.3 Å². The summed E-state index contributed by atoms with van der Waals surface area (Å²) in [6, 6.07) is 7.31. The molecule has 0 aliphatic carbocycles. The average molecular weight is 572 g/mol. The minimum absolute atomic E-state index is 0.143. The van der Waals surface area contributed by atoms with Crippen LogP contribution in [0, 0.1) is 11.6 Å². The van der Waals surface area contributed by atoms with Crippen molar-refractivity contribution in [3.8, 4) is 17.2 Å². The third-order valence-corrected chi connectivity index (χ3v) is 7.69. The first kappa shape index (κ1) is 25.8. The average Bonchev–Trinajstić information content (AvgIpc) is 3.66. The quantitative estimate of drug-likeness (QED) is 0.285. The number of piperazine rings is 1. The number of rotatable bonds is 8. The van der Waals surface area contributed by atoms with Crippen molar-refractivity contribution in [2.24, 2.45) is 0 Å². The molecule has 0 saturated carbocycles. The van der Waals surface area contributed by atoms with Crippen molar-refractivity contribution in [1.29, 1.82) is 0 Å². The molecule has 0 amide bonds. The van der Waals surface area contributed by atoms with Gasteiger partial charge < -0.3 is 24.9 Å². The number of nitrogens with zero attached hydrogens (tertiary/aromatic N) is 6. The van der Waals surface area contributed by atoms with E-state index in [0.717, 1.165) is 23.5 Å². The van der Waals surface area contributed by atoms with E-state index in [1.807, 2.05) is 6.07 Å². The van der Waals surface area contributed by atoms with Gasteiger partial charge in [-0.25, -0.2) is 13.6 Å². The molecule has 0 bridgehead atoms. The minimum atomic E-state index is -1.24. The molecule has 1 aromatic carbocycles. The number of hydrogen-bond donors (Lipinski definition) is 2. The normalized spacial score (nSPS) is 14.4. The summed E-state index contributed by atoms with van der Waals surface area (Å²) in [6.07, 6.45) is 1.55. The summed E-state index contributed by atoms with van der Waals surface area (Å²) in [4.78, 5) is 31.5. The highest BCUT2D eigenvalue weighted by molar-refractivity contribution is 7.17. The van der Waals surface area contributed by atoms with Gasteiger partial charge in [-0.05, 0) is 18.2 Å². The van der Waals surface area contributed by atoms with Gasteiger partial charge in [0.1, 0.15) is 21.8 Å². The van der Waals surface area contributed by atoms with Crippen LogP contribution in [0.25, 0.3) is 27.3 Å². The third-order valence-electron chi connectivity index (χ3n) is 6.70. The van der Waals surface area contributed by atoms with Gasteiger partial charge in [0.25, 0.3) is 0 Å². The highest BCUT2D eigenvalue weighted by Gasteiger charge is 2.24. The lowest BCUT2D eigenvalue weighted by Crippen LogP contribution is -2.48. The third kappa shape index (κ3) is 4.73. The molecular formula is C25H23F2N7O5S. The zero-order chi connectivity index (χ0) is 28.0. The predicted octanol–water partition coefficient (Wildman–Crippen LogP) is 2.51. The number of ether oxygens (including phenoxy) is 1. The highest BCUT2D eigenvalue weighted by Crippen LogP contribution is 2.30. The molecule has 5 aromatic rings. The van der Waals surface area contributed by atoms with Crippen molar-refractivity contribution in [2.45, 2.75) is 6.54 Å². The number of anilines is 2. The summed E-state index contributed by atoms with van der Waals surface area (Å²) in [6.45, 7) is 1.94. The maximum absolute atomic E-state index is 14.7. The Balaban J connectivity index is 1.15. The van der Waals surface area contributed by atoms with Crippen LogP contribution in [-0.4, -0.2) is 74.5 Å². The zero-order valence-corrected chi connectivity index (χ0v) is 21.7. The number of thiazole rings is 1. The number of carbonyl (C=O) groups is 1. The molecule has 1 saturated heterocycles. The smallest absolute Gasteiger partial charge is 0.341 e. The van der Waals surface area contributed by atoms with E-state index in [2.05, 4.69) is 15.0 Å². The van der Waals surface area contributed by atoms with Crippen molar-refractivity contribution in [3.63, 3.8) is 0 Å². The molecule has 1 fully saturated rings. The fourth-order valence-electron chi connectivity index (χ4n) is 4.80. The van der Waals surface area contributed by atoms with Gasteiger partial charge in [-0.2, -0.15) is 14.6 Å². The Morgan fingerprint density at radius 3 is 2.58 bits per heavy atom. The summed E-state index contributed by atoms with van der Waals surface area (Å²) in [5.74, 6) is -2.36. The molecule has 1 aliphatic rings. The molecule has 6 rings (SSSR count). The van der Waals surface area contributed by atoms with Crippen LogP contribution in [0.1, 0.15) is 0 Å². The lowest BCUT2D eigenvalue weighted by atomic mass is 10.2. The molecule has 3 N–H and O–H groups in total. The summed E-state index contributed by atoms with van der Waals surface area (Å²) < 4.78 is 43.4. The topological polar surface area (TPSA) is 144 Å². The summed E-state index contributed by atoms with van der Waals surface area (Å²) in [5, 5.41) is 13.2. The van der Waals surface area contributed by atoms with Gasteiger partial charge in [0.2, 0.25) is 5.95 Å². The molecule has 12 nitrogen and oxygen atoms in total. The fraction of sp³-hybridized carbons (Fsp3) is 0.280.